The van der Waals surface area contributed by atoms with E-state index in [1.54, 1.807) is 31.8 Å². The normalized spacial score (nSPS) is 20.1. The zero-order valence-corrected chi connectivity index (χ0v) is 17.9. The number of aliphatic hydroxyl groups excluding tert-OH is 1. The van der Waals surface area contributed by atoms with Gasteiger partial charge in [0.15, 0.2) is 0 Å². The van der Waals surface area contributed by atoms with Crippen molar-refractivity contribution in [3.63, 3.8) is 0 Å². The first-order chi connectivity index (χ1) is 14.2. The van der Waals surface area contributed by atoms with Gasteiger partial charge in [-0.25, -0.2) is 4.68 Å². The summed E-state index contributed by atoms with van der Waals surface area (Å²) < 4.78 is 6.72. The van der Waals surface area contributed by atoms with E-state index in [0.717, 1.165) is 0 Å². The summed E-state index contributed by atoms with van der Waals surface area (Å²) in [4.78, 5) is 31.4. The third kappa shape index (κ3) is 4.28. The van der Waals surface area contributed by atoms with E-state index in [-0.39, 0.29) is 24.8 Å². The molecule has 0 saturated carbocycles. The number of amides is 2. The number of nitrogens with zero attached hydrogens (tertiary/aromatic N) is 5. The molecule has 1 aliphatic rings. The van der Waals surface area contributed by atoms with Crippen LogP contribution in [-0.2, 0) is 9.59 Å². The van der Waals surface area contributed by atoms with Gasteiger partial charge in [-0.15, -0.1) is 5.10 Å². The molecule has 2 N–H and O–H groups in total. The number of carbonyl (C=O) groups excluding carboxylic acids is 2. The van der Waals surface area contributed by atoms with Gasteiger partial charge in [0, 0.05) is 31.8 Å². The van der Waals surface area contributed by atoms with Gasteiger partial charge < -0.3 is 20.1 Å². The van der Waals surface area contributed by atoms with Crippen molar-refractivity contribution in [2.24, 2.45) is 5.41 Å². The molecule has 1 fully saturated rings. The molecular weight excluding hydrogens is 388 g/mol. The van der Waals surface area contributed by atoms with Crippen molar-refractivity contribution in [3.8, 4) is 17.0 Å². The number of likely N-dealkylation sites (N-methyl/N-ethyl adjacent to an activating group) is 1. The first-order valence-corrected chi connectivity index (χ1v) is 9.77. The molecule has 162 valence electrons. The molecule has 0 spiro atoms. The fourth-order valence-corrected chi connectivity index (χ4v) is 3.72. The molecule has 3 rings (SSSR count). The number of carbonyl (C=O) groups is 2. The van der Waals surface area contributed by atoms with Crippen LogP contribution in [0.15, 0.2) is 24.7 Å². The van der Waals surface area contributed by atoms with E-state index in [9.17, 15) is 14.7 Å². The molecule has 10 nitrogen and oxygen atoms in total. The zero-order chi connectivity index (χ0) is 22.1. The van der Waals surface area contributed by atoms with Crippen molar-refractivity contribution < 1.29 is 19.4 Å². The minimum atomic E-state index is -0.744. The maximum atomic E-state index is 13.5. The van der Waals surface area contributed by atoms with Gasteiger partial charge >= 0.3 is 0 Å². The topological polar surface area (TPSA) is 122 Å². The van der Waals surface area contributed by atoms with Crippen LogP contribution in [0, 0.1) is 5.41 Å². The second kappa shape index (κ2) is 8.39. The number of aromatic nitrogens is 4. The van der Waals surface area contributed by atoms with E-state index in [1.165, 1.54) is 16.6 Å². The van der Waals surface area contributed by atoms with Gasteiger partial charge in [-0.05, 0) is 11.5 Å². The lowest BCUT2D eigenvalue weighted by atomic mass is 9.85. The fourth-order valence-electron chi connectivity index (χ4n) is 3.72. The smallest absolute Gasteiger partial charge is 0.248 e. The summed E-state index contributed by atoms with van der Waals surface area (Å²) >= 11 is 0. The van der Waals surface area contributed by atoms with Crippen molar-refractivity contribution in [2.45, 2.75) is 45.4 Å². The molecule has 2 amide bonds. The number of aliphatic hydroxyl groups is 1. The van der Waals surface area contributed by atoms with E-state index < -0.39 is 23.6 Å². The second-order valence-corrected chi connectivity index (χ2v) is 8.48. The highest BCUT2D eigenvalue weighted by molar-refractivity contribution is 5.90. The summed E-state index contributed by atoms with van der Waals surface area (Å²) in [6.07, 6.45) is 4.38. The molecule has 2 aromatic heterocycles. The SMILES string of the molecule is CNC(=O)C1CC(O)CN1C(=O)[C@@H](n1cc(-c2cncc(OC)c2)nn1)C(C)(C)C. The molecule has 30 heavy (non-hydrogen) atoms. The Morgan fingerprint density at radius 1 is 1.33 bits per heavy atom. The summed E-state index contributed by atoms with van der Waals surface area (Å²) in [6, 6.07) is 0.357. The Kier molecular flexibility index (Phi) is 6.06. The molecule has 0 radical (unpaired) electrons. The van der Waals surface area contributed by atoms with Gasteiger partial charge in [0.05, 0.1) is 25.6 Å². The van der Waals surface area contributed by atoms with Crippen molar-refractivity contribution in [3.05, 3.63) is 24.7 Å². The van der Waals surface area contributed by atoms with Crippen LogP contribution in [0.25, 0.3) is 11.3 Å². The average Bonchev–Trinajstić information content (AvgIpc) is 3.33. The van der Waals surface area contributed by atoms with Crippen LogP contribution in [0.4, 0.5) is 0 Å². The molecule has 2 aromatic rings. The summed E-state index contributed by atoms with van der Waals surface area (Å²) in [5, 5.41) is 21.1. The second-order valence-electron chi connectivity index (χ2n) is 8.48. The Morgan fingerprint density at radius 3 is 2.70 bits per heavy atom. The van der Waals surface area contributed by atoms with E-state index >= 15 is 0 Å². The standard InChI is InChI=1S/C20H28N6O4/c1-20(2,3)17(19(29)25-10-13(27)7-16(25)18(28)21-4)26-11-15(23-24-26)12-6-14(30-5)9-22-8-12/h6,8-9,11,13,16-17,27H,7,10H2,1-5H3,(H,21,28)/t13?,16?,17-/m1/s1. The largest absolute Gasteiger partial charge is 0.495 e. The Bertz CT molecular complexity index is 922. The summed E-state index contributed by atoms with van der Waals surface area (Å²) in [5.41, 5.74) is 0.739. The Hall–Kier alpha value is -3.01. The molecule has 2 unspecified atom stereocenters. The van der Waals surface area contributed by atoms with Crippen LogP contribution in [-0.4, -0.2) is 74.6 Å². The third-order valence-corrected chi connectivity index (χ3v) is 5.18. The summed E-state index contributed by atoms with van der Waals surface area (Å²) in [5.74, 6) is 0.00660. The molecule has 3 heterocycles. The average molecular weight is 416 g/mol. The highest BCUT2D eigenvalue weighted by Crippen LogP contribution is 2.35. The Labute approximate surface area is 175 Å². The number of pyridine rings is 1. The lowest BCUT2D eigenvalue weighted by molar-refractivity contribution is -0.144. The number of ether oxygens (including phenoxy) is 1. The van der Waals surface area contributed by atoms with Gasteiger partial charge in [0.1, 0.15) is 23.5 Å². The first-order valence-electron chi connectivity index (χ1n) is 9.77. The molecule has 1 aliphatic heterocycles. The predicted octanol–water partition coefficient (Wildman–Crippen LogP) is 0.644. The zero-order valence-electron chi connectivity index (χ0n) is 17.9. The van der Waals surface area contributed by atoms with Crippen LogP contribution in [0.1, 0.15) is 33.2 Å². The van der Waals surface area contributed by atoms with Gasteiger partial charge in [0.25, 0.3) is 0 Å². The number of methoxy groups -OCH3 is 1. The van der Waals surface area contributed by atoms with Gasteiger partial charge in [0.2, 0.25) is 11.8 Å². The highest BCUT2D eigenvalue weighted by Gasteiger charge is 2.45. The number of nitrogens with one attached hydrogen (secondary N) is 1. The minimum Gasteiger partial charge on any atom is -0.495 e. The molecule has 1 saturated heterocycles. The fraction of sp³-hybridized carbons (Fsp3) is 0.550. The van der Waals surface area contributed by atoms with E-state index in [2.05, 4.69) is 20.6 Å². The molecular formula is C20H28N6O4. The van der Waals surface area contributed by atoms with E-state index in [0.29, 0.717) is 17.0 Å². The summed E-state index contributed by atoms with van der Waals surface area (Å²) in [6.45, 7) is 5.87. The molecule has 3 atom stereocenters. The van der Waals surface area contributed by atoms with Crippen molar-refractivity contribution in [1.29, 1.82) is 0 Å². The van der Waals surface area contributed by atoms with Crippen LogP contribution in [0.2, 0.25) is 0 Å². The maximum Gasteiger partial charge on any atom is 0.248 e. The minimum absolute atomic E-state index is 0.102. The van der Waals surface area contributed by atoms with Gasteiger partial charge in [-0.3, -0.25) is 14.6 Å². The highest BCUT2D eigenvalue weighted by atomic mass is 16.5. The molecule has 10 heteroatoms. The van der Waals surface area contributed by atoms with E-state index in [4.69, 9.17) is 4.74 Å². The summed E-state index contributed by atoms with van der Waals surface area (Å²) in [7, 11) is 3.07. The van der Waals surface area contributed by atoms with Crippen LogP contribution >= 0.6 is 0 Å². The Balaban J connectivity index is 1.95. The lowest BCUT2D eigenvalue weighted by Gasteiger charge is -2.34. The number of likely N-dealkylation sites (tertiary alicyclic amines) is 1. The number of rotatable bonds is 5. The van der Waals surface area contributed by atoms with Crippen LogP contribution in [0.5, 0.6) is 5.75 Å². The quantitative estimate of drug-likeness (QED) is 0.733. The number of hydrogen-bond donors (Lipinski definition) is 2. The van der Waals surface area contributed by atoms with Crippen LogP contribution in [0.3, 0.4) is 0 Å². The van der Waals surface area contributed by atoms with Crippen molar-refractivity contribution in [2.75, 3.05) is 20.7 Å². The molecule has 0 aliphatic carbocycles. The Morgan fingerprint density at radius 2 is 2.07 bits per heavy atom. The number of β-amino-alcohol motifs (C(OH)–C–C–N with tert-alkyl or cyclic N) is 1. The monoisotopic (exact) mass is 416 g/mol. The molecule has 0 aromatic carbocycles. The van der Waals surface area contributed by atoms with E-state index in [1.807, 2.05) is 20.8 Å². The lowest BCUT2D eigenvalue weighted by Crippen LogP contribution is -2.49. The van der Waals surface area contributed by atoms with Crippen LogP contribution < -0.4 is 10.1 Å². The van der Waals surface area contributed by atoms with Crippen molar-refractivity contribution in [1.82, 2.24) is 30.2 Å². The van der Waals surface area contributed by atoms with Gasteiger partial charge in [-0.2, -0.15) is 0 Å². The maximum absolute atomic E-state index is 13.5. The molecule has 0 bridgehead atoms. The first kappa shape index (κ1) is 21.7. The van der Waals surface area contributed by atoms with Crippen molar-refractivity contribution >= 4 is 11.8 Å². The predicted molar refractivity (Wildman–Crippen MR) is 108 cm³/mol. The third-order valence-electron chi connectivity index (χ3n) is 5.18. The number of hydrogen-bond acceptors (Lipinski definition) is 7. The van der Waals surface area contributed by atoms with Gasteiger partial charge in [-0.1, -0.05) is 26.0 Å².